The van der Waals surface area contributed by atoms with E-state index in [0.29, 0.717) is 0 Å². The molecule has 18 heavy (non-hydrogen) atoms. The van der Waals surface area contributed by atoms with Crippen LogP contribution in [0.4, 0.5) is 0 Å². The van der Waals surface area contributed by atoms with Crippen LogP contribution in [0.2, 0.25) is 0 Å². The topological polar surface area (TPSA) is 34.9 Å². The second-order valence-corrected chi connectivity index (χ2v) is 4.62. The zero-order chi connectivity index (χ0) is 13.1. The first kappa shape index (κ1) is 12.6. The van der Waals surface area contributed by atoms with Gasteiger partial charge in [-0.2, -0.15) is 5.10 Å². The smallest absolute Gasteiger partial charge is 0.150 e. The average Bonchev–Trinajstić information content (AvgIpc) is 2.71. The van der Waals surface area contributed by atoms with Gasteiger partial charge in [-0.3, -0.25) is 9.48 Å². The minimum Gasteiger partial charge on any atom is -0.298 e. The van der Waals surface area contributed by atoms with Crippen molar-refractivity contribution in [3.05, 3.63) is 41.2 Å². The molecule has 0 aliphatic carbocycles. The van der Waals surface area contributed by atoms with E-state index >= 15 is 0 Å². The maximum absolute atomic E-state index is 11.2. The number of carbonyl (C=O) groups excluding carboxylic acids is 1. The van der Waals surface area contributed by atoms with Gasteiger partial charge in [0.05, 0.1) is 5.69 Å². The molecule has 0 N–H and O–H groups in total. The first-order chi connectivity index (χ1) is 8.65. The van der Waals surface area contributed by atoms with E-state index < -0.39 is 0 Å². The van der Waals surface area contributed by atoms with Crippen LogP contribution in [-0.4, -0.2) is 16.1 Å². The molecule has 1 aromatic carbocycles. The van der Waals surface area contributed by atoms with Crippen LogP contribution in [0.3, 0.4) is 0 Å². The highest BCUT2D eigenvalue weighted by Gasteiger charge is 2.12. The van der Waals surface area contributed by atoms with Crippen molar-refractivity contribution < 1.29 is 4.79 Å². The van der Waals surface area contributed by atoms with E-state index in [0.717, 1.165) is 47.1 Å². The van der Waals surface area contributed by atoms with Gasteiger partial charge in [0.1, 0.15) is 0 Å². The van der Waals surface area contributed by atoms with Crippen molar-refractivity contribution in [2.24, 2.45) is 7.05 Å². The molecular weight excluding hydrogens is 224 g/mol. The van der Waals surface area contributed by atoms with Crippen molar-refractivity contribution >= 4 is 6.29 Å². The van der Waals surface area contributed by atoms with Crippen molar-refractivity contribution in [3.63, 3.8) is 0 Å². The van der Waals surface area contributed by atoms with E-state index in [2.05, 4.69) is 18.1 Å². The van der Waals surface area contributed by atoms with Gasteiger partial charge in [-0.1, -0.05) is 37.1 Å². The average molecular weight is 242 g/mol. The van der Waals surface area contributed by atoms with E-state index in [1.165, 1.54) is 0 Å². The molecule has 2 rings (SSSR count). The van der Waals surface area contributed by atoms with E-state index in [-0.39, 0.29) is 0 Å². The van der Waals surface area contributed by atoms with E-state index in [1.807, 2.05) is 37.0 Å². The molecule has 3 nitrogen and oxygen atoms in total. The summed E-state index contributed by atoms with van der Waals surface area (Å²) in [6.07, 6.45) is 4.89. The molecule has 94 valence electrons. The molecule has 0 saturated heterocycles. The highest BCUT2D eigenvalue weighted by Crippen LogP contribution is 2.27. The first-order valence-corrected chi connectivity index (χ1v) is 6.24. The number of hydrogen-bond acceptors (Lipinski definition) is 2. The van der Waals surface area contributed by atoms with Crippen LogP contribution in [0.1, 0.15) is 35.0 Å². The number of carbonyl (C=O) groups is 1. The predicted octanol–water partition coefficient (Wildman–Crippen LogP) is 3.16. The van der Waals surface area contributed by atoms with Crippen LogP contribution >= 0.6 is 0 Å². The molecular formula is C15H18N2O. The lowest BCUT2D eigenvalue weighted by Crippen LogP contribution is -1.93. The quantitative estimate of drug-likeness (QED) is 0.772. The van der Waals surface area contributed by atoms with Gasteiger partial charge >= 0.3 is 0 Å². The molecule has 0 aliphatic rings. The van der Waals surface area contributed by atoms with E-state index in [9.17, 15) is 4.79 Å². The number of hydrogen-bond donors (Lipinski definition) is 0. The van der Waals surface area contributed by atoms with Gasteiger partial charge in [-0.05, 0) is 18.9 Å². The minimum absolute atomic E-state index is 0.728. The highest BCUT2D eigenvalue weighted by molar-refractivity contribution is 5.88. The fourth-order valence-electron chi connectivity index (χ4n) is 2.19. The van der Waals surface area contributed by atoms with Gasteiger partial charge in [0, 0.05) is 24.4 Å². The molecule has 1 heterocycles. The van der Waals surface area contributed by atoms with Crippen molar-refractivity contribution in [2.75, 3.05) is 0 Å². The first-order valence-electron chi connectivity index (χ1n) is 6.24. The molecule has 0 spiro atoms. The summed E-state index contributed by atoms with van der Waals surface area (Å²) in [6, 6.07) is 5.89. The van der Waals surface area contributed by atoms with Crippen LogP contribution < -0.4 is 0 Å². The third kappa shape index (κ3) is 2.35. The lowest BCUT2D eigenvalue weighted by Gasteiger charge is -2.06. The summed E-state index contributed by atoms with van der Waals surface area (Å²) in [7, 11) is 1.92. The summed E-state index contributed by atoms with van der Waals surface area (Å²) in [4.78, 5) is 11.2. The number of rotatable bonds is 4. The van der Waals surface area contributed by atoms with Crippen molar-refractivity contribution in [2.45, 2.75) is 26.7 Å². The normalized spacial score (nSPS) is 10.6. The summed E-state index contributed by atoms with van der Waals surface area (Å²) in [5, 5.41) is 4.48. The van der Waals surface area contributed by atoms with Crippen molar-refractivity contribution in [1.82, 2.24) is 9.78 Å². The largest absolute Gasteiger partial charge is 0.298 e. The second kappa shape index (κ2) is 5.17. The van der Waals surface area contributed by atoms with Crippen molar-refractivity contribution in [3.8, 4) is 11.1 Å². The Morgan fingerprint density at radius 2 is 2.11 bits per heavy atom. The number of aryl methyl sites for hydroxylation is 3. The maximum Gasteiger partial charge on any atom is 0.150 e. The molecule has 0 saturated carbocycles. The molecule has 0 aliphatic heterocycles. The van der Waals surface area contributed by atoms with Crippen LogP contribution in [0.15, 0.2) is 24.4 Å². The third-order valence-electron chi connectivity index (χ3n) is 3.02. The fourth-order valence-corrected chi connectivity index (χ4v) is 2.19. The van der Waals surface area contributed by atoms with Gasteiger partial charge in [0.15, 0.2) is 6.29 Å². The Kier molecular flexibility index (Phi) is 3.60. The zero-order valence-corrected chi connectivity index (χ0v) is 11.1. The highest BCUT2D eigenvalue weighted by atomic mass is 16.1. The third-order valence-corrected chi connectivity index (χ3v) is 3.02. The molecule has 3 heteroatoms. The number of nitrogens with zero attached hydrogens (tertiary/aromatic N) is 2. The molecule has 1 aromatic heterocycles. The summed E-state index contributed by atoms with van der Waals surface area (Å²) in [5.74, 6) is 0. The Balaban J connectivity index is 2.60. The molecule has 0 radical (unpaired) electrons. The van der Waals surface area contributed by atoms with Crippen LogP contribution in [-0.2, 0) is 13.5 Å². The van der Waals surface area contributed by atoms with Gasteiger partial charge in [-0.25, -0.2) is 0 Å². The summed E-state index contributed by atoms with van der Waals surface area (Å²) in [6.45, 7) is 4.17. The summed E-state index contributed by atoms with van der Waals surface area (Å²) < 4.78 is 1.82. The molecule has 2 aromatic rings. The van der Waals surface area contributed by atoms with E-state index in [4.69, 9.17) is 0 Å². The number of aldehydes is 1. The predicted molar refractivity (Wildman–Crippen MR) is 72.8 cm³/mol. The summed E-state index contributed by atoms with van der Waals surface area (Å²) >= 11 is 0. The Morgan fingerprint density at radius 3 is 2.78 bits per heavy atom. The fraction of sp³-hybridized carbons (Fsp3) is 0.333. The lowest BCUT2D eigenvalue weighted by molar-refractivity contribution is 0.112. The Bertz CT molecular complexity index is 570. The lowest BCUT2D eigenvalue weighted by atomic mass is 9.97. The number of aromatic nitrogens is 2. The van der Waals surface area contributed by atoms with Crippen LogP contribution in [0.25, 0.3) is 11.1 Å². The van der Waals surface area contributed by atoms with Gasteiger partial charge < -0.3 is 0 Å². The van der Waals surface area contributed by atoms with Gasteiger partial charge in [0.2, 0.25) is 0 Å². The number of benzene rings is 1. The Hall–Kier alpha value is -1.90. The van der Waals surface area contributed by atoms with Crippen LogP contribution in [0.5, 0.6) is 0 Å². The van der Waals surface area contributed by atoms with Gasteiger partial charge in [0.25, 0.3) is 0 Å². The molecule has 0 fully saturated rings. The second-order valence-electron chi connectivity index (χ2n) is 4.62. The molecule has 0 bridgehead atoms. The van der Waals surface area contributed by atoms with Crippen LogP contribution in [0, 0.1) is 6.92 Å². The van der Waals surface area contributed by atoms with E-state index in [1.54, 1.807) is 0 Å². The zero-order valence-electron chi connectivity index (χ0n) is 11.1. The van der Waals surface area contributed by atoms with Crippen molar-refractivity contribution in [1.29, 1.82) is 0 Å². The SMILES string of the molecule is CCCc1nn(C)cc1-c1cc(C)ccc1C=O. The molecule has 0 atom stereocenters. The monoisotopic (exact) mass is 242 g/mol. The Morgan fingerprint density at radius 1 is 1.33 bits per heavy atom. The Labute approximate surface area is 107 Å². The summed E-state index contributed by atoms with van der Waals surface area (Å²) in [5.41, 5.74) is 5.01. The van der Waals surface area contributed by atoms with Gasteiger partial charge in [-0.15, -0.1) is 0 Å². The standard InChI is InChI=1S/C15H18N2O/c1-4-5-15-14(9-17(3)16-15)13-8-11(2)6-7-12(13)10-18/h6-10H,4-5H2,1-3H3. The molecule has 0 amide bonds. The minimum atomic E-state index is 0.728. The molecule has 0 unspecified atom stereocenters. The maximum atomic E-state index is 11.2.